The molecular formula is C17H18FN3. The highest BCUT2D eigenvalue weighted by molar-refractivity contribution is 5.80. The van der Waals surface area contributed by atoms with Gasteiger partial charge in [-0.2, -0.15) is 0 Å². The molecule has 0 saturated heterocycles. The van der Waals surface area contributed by atoms with Crippen LogP contribution in [-0.2, 0) is 6.42 Å². The van der Waals surface area contributed by atoms with E-state index in [1.54, 1.807) is 12.1 Å². The van der Waals surface area contributed by atoms with E-state index in [0.717, 1.165) is 18.5 Å². The molecule has 1 aliphatic heterocycles. The Morgan fingerprint density at radius 2 is 1.95 bits per heavy atom. The van der Waals surface area contributed by atoms with Gasteiger partial charge in [-0.25, -0.2) is 4.39 Å². The maximum atomic E-state index is 13.2. The van der Waals surface area contributed by atoms with E-state index in [0.29, 0.717) is 12.5 Å². The summed E-state index contributed by atoms with van der Waals surface area (Å²) in [6, 6.07) is 17.1. The summed E-state index contributed by atoms with van der Waals surface area (Å²) >= 11 is 0. The molecule has 0 aromatic heterocycles. The number of halogens is 1. The van der Waals surface area contributed by atoms with Crippen molar-refractivity contribution >= 4 is 5.96 Å². The van der Waals surface area contributed by atoms with Crippen LogP contribution in [0.2, 0.25) is 0 Å². The van der Waals surface area contributed by atoms with Crippen molar-refractivity contribution in [3.8, 4) is 0 Å². The normalized spacial score (nSPS) is 17.9. The summed E-state index contributed by atoms with van der Waals surface area (Å²) in [6.07, 6.45) is 0.747. The van der Waals surface area contributed by atoms with E-state index in [9.17, 15) is 4.39 Å². The molecule has 0 amide bonds. The van der Waals surface area contributed by atoms with Crippen LogP contribution in [0.5, 0.6) is 0 Å². The van der Waals surface area contributed by atoms with Crippen molar-refractivity contribution in [1.29, 1.82) is 0 Å². The summed E-state index contributed by atoms with van der Waals surface area (Å²) in [6.45, 7) is 1.41. The summed E-state index contributed by atoms with van der Waals surface area (Å²) in [5, 5.41) is 0. The largest absolute Gasteiger partial charge is 0.370 e. The Labute approximate surface area is 123 Å². The van der Waals surface area contributed by atoms with Crippen LogP contribution in [0.1, 0.15) is 17.2 Å². The third-order valence-electron chi connectivity index (χ3n) is 3.81. The van der Waals surface area contributed by atoms with Crippen molar-refractivity contribution in [3.05, 3.63) is 71.5 Å². The third kappa shape index (κ3) is 3.05. The molecule has 2 aromatic carbocycles. The van der Waals surface area contributed by atoms with E-state index in [-0.39, 0.29) is 11.9 Å². The maximum absolute atomic E-state index is 13.2. The lowest BCUT2D eigenvalue weighted by molar-refractivity contribution is 0.350. The number of nitrogens with two attached hydrogens (primary N) is 1. The van der Waals surface area contributed by atoms with Crippen LogP contribution in [0.3, 0.4) is 0 Å². The molecule has 0 radical (unpaired) electrons. The monoisotopic (exact) mass is 283 g/mol. The third-order valence-corrected chi connectivity index (χ3v) is 3.81. The molecule has 0 bridgehead atoms. The summed E-state index contributed by atoms with van der Waals surface area (Å²) in [4.78, 5) is 6.45. The minimum absolute atomic E-state index is 0.180. The molecule has 0 saturated carbocycles. The first kappa shape index (κ1) is 13.6. The minimum Gasteiger partial charge on any atom is -0.370 e. The number of aliphatic imine (C=N–C) groups is 1. The first-order valence-corrected chi connectivity index (χ1v) is 7.10. The molecule has 21 heavy (non-hydrogen) atoms. The Kier molecular flexibility index (Phi) is 3.86. The molecule has 3 rings (SSSR count). The summed E-state index contributed by atoms with van der Waals surface area (Å²) in [7, 11) is 0. The fraction of sp³-hybridized carbons (Fsp3) is 0.235. The summed E-state index contributed by atoms with van der Waals surface area (Å²) in [5.41, 5.74) is 8.19. The second-order valence-corrected chi connectivity index (χ2v) is 5.20. The molecule has 0 spiro atoms. The number of guanidine groups is 1. The quantitative estimate of drug-likeness (QED) is 0.937. The average Bonchev–Trinajstić information content (AvgIpc) is 2.87. The van der Waals surface area contributed by atoms with Crippen molar-refractivity contribution in [3.63, 3.8) is 0 Å². The topological polar surface area (TPSA) is 41.6 Å². The molecule has 4 heteroatoms. The van der Waals surface area contributed by atoms with Gasteiger partial charge in [-0.05, 0) is 29.7 Å². The zero-order valence-corrected chi connectivity index (χ0v) is 11.7. The highest BCUT2D eigenvalue weighted by Crippen LogP contribution is 2.25. The van der Waals surface area contributed by atoms with Crippen LogP contribution in [0.4, 0.5) is 4.39 Å². The van der Waals surface area contributed by atoms with Crippen molar-refractivity contribution in [2.45, 2.75) is 12.5 Å². The number of benzene rings is 2. The van der Waals surface area contributed by atoms with Gasteiger partial charge in [0.2, 0.25) is 0 Å². The zero-order valence-electron chi connectivity index (χ0n) is 11.7. The molecule has 1 atom stereocenters. The van der Waals surface area contributed by atoms with E-state index in [4.69, 9.17) is 5.73 Å². The predicted molar refractivity (Wildman–Crippen MR) is 82.5 cm³/mol. The van der Waals surface area contributed by atoms with Crippen molar-refractivity contribution in [1.82, 2.24) is 4.90 Å². The lowest BCUT2D eigenvalue weighted by Crippen LogP contribution is -2.37. The predicted octanol–water partition coefficient (Wildman–Crippen LogP) is 2.74. The van der Waals surface area contributed by atoms with Gasteiger partial charge in [0.05, 0.1) is 12.6 Å². The maximum Gasteiger partial charge on any atom is 0.191 e. The molecule has 1 aliphatic rings. The first-order chi connectivity index (χ1) is 10.2. The van der Waals surface area contributed by atoms with Crippen molar-refractivity contribution in [2.75, 3.05) is 13.1 Å². The summed E-state index contributed by atoms with van der Waals surface area (Å²) < 4.78 is 13.2. The molecule has 2 N–H and O–H groups in total. The highest BCUT2D eigenvalue weighted by atomic mass is 19.1. The van der Waals surface area contributed by atoms with Crippen LogP contribution < -0.4 is 5.73 Å². The highest BCUT2D eigenvalue weighted by Gasteiger charge is 2.26. The van der Waals surface area contributed by atoms with Crippen LogP contribution in [-0.4, -0.2) is 23.9 Å². The summed E-state index contributed by atoms with van der Waals surface area (Å²) in [5.74, 6) is 0.371. The molecule has 3 nitrogen and oxygen atoms in total. The van der Waals surface area contributed by atoms with Crippen molar-refractivity contribution < 1.29 is 4.39 Å². The lowest BCUT2D eigenvalue weighted by Gasteiger charge is -2.26. The standard InChI is InChI=1S/C17H18FN3/c18-15-8-4-5-13(11-15)9-10-21-16(12-20-17(21)19)14-6-2-1-3-7-14/h1-8,11,16H,9-10,12H2,(H2,19,20)/t16-/m1/s1. The van der Waals surface area contributed by atoms with Crippen LogP contribution in [0.15, 0.2) is 59.6 Å². The van der Waals surface area contributed by atoms with Gasteiger partial charge >= 0.3 is 0 Å². The minimum atomic E-state index is -0.199. The van der Waals surface area contributed by atoms with Gasteiger partial charge in [0, 0.05) is 6.54 Å². The Hall–Kier alpha value is -2.36. The van der Waals surface area contributed by atoms with E-state index >= 15 is 0 Å². The van der Waals surface area contributed by atoms with E-state index in [1.807, 2.05) is 24.3 Å². The Morgan fingerprint density at radius 3 is 2.71 bits per heavy atom. The average molecular weight is 283 g/mol. The molecule has 108 valence electrons. The molecule has 2 aromatic rings. The SMILES string of the molecule is NC1=NC[C@H](c2ccccc2)N1CCc1cccc(F)c1. The van der Waals surface area contributed by atoms with Gasteiger partial charge in [-0.1, -0.05) is 42.5 Å². The number of hydrogen-bond acceptors (Lipinski definition) is 3. The zero-order chi connectivity index (χ0) is 14.7. The van der Waals surface area contributed by atoms with E-state index in [1.165, 1.54) is 11.6 Å². The smallest absolute Gasteiger partial charge is 0.191 e. The van der Waals surface area contributed by atoms with E-state index < -0.39 is 0 Å². The number of nitrogens with zero attached hydrogens (tertiary/aromatic N) is 2. The fourth-order valence-electron chi connectivity index (χ4n) is 2.70. The fourth-order valence-corrected chi connectivity index (χ4v) is 2.70. The lowest BCUT2D eigenvalue weighted by atomic mass is 10.1. The van der Waals surface area contributed by atoms with Crippen LogP contribution >= 0.6 is 0 Å². The van der Waals surface area contributed by atoms with Crippen LogP contribution in [0.25, 0.3) is 0 Å². The Morgan fingerprint density at radius 1 is 1.14 bits per heavy atom. The molecule has 1 heterocycles. The van der Waals surface area contributed by atoms with Gasteiger partial charge in [0.25, 0.3) is 0 Å². The second kappa shape index (κ2) is 5.95. The number of rotatable bonds is 4. The molecule has 0 unspecified atom stereocenters. The molecular weight excluding hydrogens is 265 g/mol. The van der Waals surface area contributed by atoms with Gasteiger partial charge in [0.15, 0.2) is 5.96 Å². The van der Waals surface area contributed by atoms with Gasteiger partial charge in [0.1, 0.15) is 5.82 Å². The molecule has 0 aliphatic carbocycles. The second-order valence-electron chi connectivity index (χ2n) is 5.20. The molecule has 0 fully saturated rings. The first-order valence-electron chi connectivity index (χ1n) is 7.10. The Balaban J connectivity index is 1.71. The van der Waals surface area contributed by atoms with Crippen LogP contribution in [0, 0.1) is 5.82 Å². The van der Waals surface area contributed by atoms with Gasteiger partial charge < -0.3 is 10.6 Å². The van der Waals surface area contributed by atoms with E-state index in [2.05, 4.69) is 22.0 Å². The Bertz CT molecular complexity index is 639. The van der Waals surface area contributed by atoms with Crippen molar-refractivity contribution in [2.24, 2.45) is 10.7 Å². The van der Waals surface area contributed by atoms with Gasteiger partial charge in [-0.3, -0.25) is 4.99 Å². The van der Waals surface area contributed by atoms with Gasteiger partial charge in [-0.15, -0.1) is 0 Å². The number of hydrogen-bond donors (Lipinski definition) is 1.